The molecule has 0 aromatic heterocycles. The average molecular weight is 578 g/mol. The lowest BCUT2D eigenvalue weighted by Crippen LogP contribution is -2.37. The fraction of sp³-hybridized carbons (Fsp3) is 0.500. The second-order valence-corrected chi connectivity index (χ2v) is 12.0. The molecule has 1 aliphatic heterocycles. The van der Waals surface area contributed by atoms with Crippen LogP contribution in [0.2, 0.25) is 0 Å². The summed E-state index contributed by atoms with van der Waals surface area (Å²) in [5.41, 5.74) is 1.70. The number of carbonyl (C=O) groups is 1. The number of unbranched alkanes of at least 4 members (excludes halogenated alkanes) is 2. The third kappa shape index (κ3) is 7.78. The Morgan fingerprint density at radius 3 is 2.36 bits per heavy atom. The van der Waals surface area contributed by atoms with Crippen molar-refractivity contribution in [3.63, 3.8) is 0 Å². The van der Waals surface area contributed by atoms with Crippen LogP contribution in [0.15, 0.2) is 58.3 Å². The monoisotopic (exact) mass is 577 g/mol. The van der Waals surface area contributed by atoms with Crippen molar-refractivity contribution in [1.82, 2.24) is 0 Å². The van der Waals surface area contributed by atoms with Crippen LogP contribution < -0.4 is 14.4 Å². The number of nitrogens with zero attached hydrogens (tertiary/aromatic N) is 1. The maximum atomic E-state index is 14.2. The molecule has 1 heterocycles. The third-order valence-corrected chi connectivity index (χ3v) is 9.43. The number of ether oxygens (including phenoxy) is 3. The summed E-state index contributed by atoms with van der Waals surface area (Å²) in [6.45, 7) is 6.79. The molecule has 214 valence electrons. The largest absolute Gasteiger partial charge is 0.497 e. The van der Waals surface area contributed by atoms with Gasteiger partial charge in [-0.15, -0.1) is 11.8 Å². The Hall–Kier alpha value is -2.52. The van der Waals surface area contributed by atoms with E-state index in [1.165, 1.54) is 11.8 Å². The van der Waals surface area contributed by atoms with E-state index in [0.717, 1.165) is 73.4 Å². The van der Waals surface area contributed by atoms with E-state index in [4.69, 9.17) is 14.2 Å². The summed E-state index contributed by atoms with van der Waals surface area (Å²) in [7, 11) is 0.327. The zero-order chi connectivity index (χ0) is 28.4. The molecule has 2 aromatic rings. The SMILES string of the molecule is CCCCC1(CCCC)CN(c2ccc(OC)cc2)c2cc(SC)c(O/C=C(\F)C(=O)OCC)cc2S(=O)C1. The molecule has 0 spiro atoms. The highest BCUT2D eigenvalue weighted by molar-refractivity contribution is 7.98. The third-order valence-electron chi connectivity index (χ3n) is 6.98. The van der Waals surface area contributed by atoms with Crippen LogP contribution in [-0.4, -0.2) is 42.4 Å². The molecule has 3 rings (SSSR count). The first-order chi connectivity index (χ1) is 18.8. The quantitative estimate of drug-likeness (QED) is 0.104. The zero-order valence-electron chi connectivity index (χ0n) is 23.6. The van der Waals surface area contributed by atoms with Crippen LogP contribution in [0.25, 0.3) is 0 Å². The fourth-order valence-corrected chi connectivity index (χ4v) is 7.15. The first kappa shape index (κ1) is 31.0. The van der Waals surface area contributed by atoms with Gasteiger partial charge in [-0.1, -0.05) is 39.5 Å². The van der Waals surface area contributed by atoms with E-state index in [1.54, 1.807) is 20.1 Å². The second kappa shape index (κ2) is 14.7. The van der Waals surface area contributed by atoms with Crippen LogP contribution in [0, 0.1) is 5.41 Å². The van der Waals surface area contributed by atoms with Crippen LogP contribution in [0.1, 0.15) is 59.3 Å². The van der Waals surface area contributed by atoms with Gasteiger partial charge in [-0.3, -0.25) is 4.21 Å². The molecular weight excluding hydrogens is 537 g/mol. The average Bonchev–Trinajstić information content (AvgIpc) is 3.07. The van der Waals surface area contributed by atoms with Gasteiger partial charge in [-0.2, -0.15) is 4.39 Å². The molecule has 0 fully saturated rings. The van der Waals surface area contributed by atoms with Crippen molar-refractivity contribution >= 4 is 39.9 Å². The molecular formula is C30H40FNO5S2. The number of esters is 1. The van der Waals surface area contributed by atoms with E-state index in [1.807, 2.05) is 36.6 Å². The molecule has 0 saturated heterocycles. The molecule has 1 aliphatic rings. The molecule has 9 heteroatoms. The summed E-state index contributed by atoms with van der Waals surface area (Å²) in [4.78, 5) is 15.4. The molecule has 0 radical (unpaired) electrons. The van der Waals surface area contributed by atoms with Crippen LogP contribution in [0.3, 0.4) is 0 Å². The van der Waals surface area contributed by atoms with E-state index in [9.17, 15) is 13.4 Å². The summed E-state index contributed by atoms with van der Waals surface area (Å²) in [6, 6.07) is 11.6. The maximum Gasteiger partial charge on any atom is 0.370 e. The van der Waals surface area contributed by atoms with Gasteiger partial charge < -0.3 is 19.1 Å². The Balaban J connectivity index is 2.14. The van der Waals surface area contributed by atoms with E-state index in [-0.39, 0.29) is 12.0 Å². The maximum absolute atomic E-state index is 14.2. The summed E-state index contributed by atoms with van der Waals surface area (Å²) in [6.07, 6.45) is 8.91. The lowest BCUT2D eigenvalue weighted by molar-refractivity contribution is -0.140. The Bertz CT molecular complexity index is 1160. The predicted molar refractivity (Wildman–Crippen MR) is 157 cm³/mol. The molecule has 0 bridgehead atoms. The van der Waals surface area contributed by atoms with Crippen molar-refractivity contribution in [2.75, 3.05) is 37.2 Å². The van der Waals surface area contributed by atoms with E-state index in [0.29, 0.717) is 16.4 Å². The van der Waals surface area contributed by atoms with Crippen LogP contribution >= 0.6 is 11.8 Å². The van der Waals surface area contributed by atoms with E-state index in [2.05, 4.69) is 18.7 Å². The number of halogens is 1. The minimum absolute atomic E-state index is 0.0625. The molecule has 39 heavy (non-hydrogen) atoms. The van der Waals surface area contributed by atoms with E-state index >= 15 is 0 Å². The minimum Gasteiger partial charge on any atom is -0.497 e. The highest BCUT2D eigenvalue weighted by Gasteiger charge is 2.39. The summed E-state index contributed by atoms with van der Waals surface area (Å²) >= 11 is 1.44. The molecule has 1 atom stereocenters. The summed E-state index contributed by atoms with van der Waals surface area (Å²) in [5.74, 6) is -0.553. The predicted octanol–water partition coefficient (Wildman–Crippen LogP) is 7.80. The van der Waals surface area contributed by atoms with Gasteiger partial charge in [0.15, 0.2) is 0 Å². The number of rotatable bonds is 13. The van der Waals surface area contributed by atoms with E-state index < -0.39 is 22.6 Å². The van der Waals surface area contributed by atoms with Gasteiger partial charge in [-0.25, -0.2) is 4.79 Å². The Morgan fingerprint density at radius 2 is 1.79 bits per heavy atom. The molecule has 6 nitrogen and oxygen atoms in total. The fourth-order valence-electron chi connectivity index (χ4n) is 4.88. The summed E-state index contributed by atoms with van der Waals surface area (Å²) in [5, 5.41) is 0. The van der Waals surface area contributed by atoms with Crippen LogP contribution in [0.5, 0.6) is 11.5 Å². The number of carbonyl (C=O) groups excluding carboxylic acids is 1. The van der Waals surface area contributed by atoms with Crippen LogP contribution in [-0.2, 0) is 20.3 Å². The highest BCUT2D eigenvalue weighted by Crippen LogP contribution is 2.47. The normalized spacial score (nSPS) is 16.8. The number of anilines is 2. The smallest absolute Gasteiger partial charge is 0.370 e. The van der Waals surface area contributed by atoms with Gasteiger partial charge in [0.25, 0.3) is 0 Å². The number of benzene rings is 2. The number of hydrogen-bond acceptors (Lipinski definition) is 7. The molecule has 2 aromatic carbocycles. The Morgan fingerprint density at radius 1 is 1.13 bits per heavy atom. The lowest BCUT2D eigenvalue weighted by Gasteiger charge is -2.37. The molecule has 0 amide bonds. The van der Waals surface area contributed by atoms with Crippen molar-refractivity contribution in [3.05, 3.63) is 48.5 Å². The summed E-state index contributed by atoms with van der Waals surface area (Å²) < 4.78 is 44.0. The van der Waals surface area contributed by atoms with Crippen LogP contribution in [0.4, 0.5) is 15.8 Å². The minimum atomic E-state index is -1.32. The first-order valence-electron chi connectivity index (χ1n) is 13.5. The zero-order valence-corrected chi connectivity index (χ0v) is 25.2. The molecule has 0 N–H and O–H groups in total. The lowest BCUT2D eigenvalue weighted by atomic mass is 9.79. The highest BCUT2D eigenvalue weighted by atomic mass is 32.2. The van der Waals surface area contributed by atoms with Gasteiger partial charge in [0.1, 0.15) is 17.8 Å². The van der Waals surface area contributed by atoms with Crippen molar-refractivity contribution in [2.45, 2.75) is 69.1 Å². The Labute approximate surface area is 238 Å². The molecule has 0 saturated carbocycles. The van der Waals surface area contributed by atoms with Gasteiger partial charge in [0.05, 0.1) is 40.0 Å². The van der Waals surface area contributed by atoms with Crippen molar-refractivity contribution in [2.24, 2.45) is 5.41 Å². The van der Waals surface area contributed by atoms with Gasteiger partial charge in [0, 0.05) is 29.5 Å². The number of hydrogen-bond donors (Lipinski definition) is 0. The van der Waals surface area contributed by atoms with Crippen molar-refractivity contribution < 1.29 is 27.6 Å². The van der Waals surface area contributed by atoms with Gasteiger partial charge >= 0.3 is 5.97 Å². The molecule has 0 aliphatic carbocycles. The van der Waals surface area contributed by atoms with Gasteiger partial charge in [0.2, 0.25) is 5.83 Å². The first-order valence-corrected chi connectivity index (χ1v) is 16.1. The number of fused-ring (bicyclic) bond motifs is 1. The number of methoxy groups -OCH3 is 1. The topological polar surface area (TPSA) is 65.1 Å². The Kier molecular flexibility index (Phi) is 11.7. The number of thioether (sulfide) groups is 1. The van der Waals surface area contributed by atoms with Crippen molar-refractivity contribution in [3.8, 4) is 11.5 Å². The molecule has 1 unspecified atom stereocenters. The standard InChI is InChI=1S/C30H40FNO5S2/c1-6-9-15-30(16-10-7-2)20-32(22-11-13-23(35-4)14-12-22)25-17-27(38-5)26(18-28(25)39(34)21-30)37-19-24(31)29(33)36-8-3/h11-14,17-19H,6-10,15-16,20-21H2,1-5H3/b24-19-. The van der Waals surface area contributed by atoms with Gasteiger partial charge in [-0.05, 0) is 56.4 Å². The van der Waals surface area contributed by atoms with Crippen molar-refractivity contribution in [1.29, 1.82) is 0 Å². The second-order valence-electron chi connectivity index (χ2n) is 9.76.